The number of hydrogen-bond acceptors (Lipinski definition) is 5. The van der Waals surface area contributed by atoms with Gasteiger partial charge in [0.15, 0.2) is 11.6 Å². The van der Waals surface area contributed by atoms with Crippen molar-refractivity contribution in [3.63, 3.8) is 0 Å². The number of halogens is 1. The molecule has 0 atom stereocenters. The number of ether oxygens (including phenoxy) is 2. The highest BCUT2D eigenvalue weighted by molar-refractivity contribution is 5.87. The summed E-state index contributed by atoms with van der Waals surface area (Å²) >= 11 is 0. The summed E-state index contributed by atoms with van der Waals surface area (Å²) in [7, 11) is 0. The number of carboxylic acids is 1. The van der Waals surface area contributed by atoms with Gasteiger partial charge in [0.25, 0.3) is 0 Å². The molecule has 1 heterocycles. The summed E-state index contributed by atoms with van der Waals surface area (Å²) in [4.78, 5) is 26.6. The number of aromatic carboxylic acids is 1. The van der Waals surface area contributed by atoms with Crippen LogP contribution < -0.4 is 4.74 Å². The largest absolute Gasteiger partial charge is 0.489 e. The summed E-state index contributed by atoms with van der Waals surface area (Å²) in [6.45, 7) is 8.86. The number of benzene rings is 1. The number of carboxylic acid groups (broad SMARTS) is 1. The van der Waals surface area contributed by atoms with E-state index in [1.165, 1.54) is 12.1 Å². The lowest BCUT2D eigenvalue weighted by Crippen LogP contribution is -2.50. The van der Waals surface area contributed by atoms with Crippen molar-refractivity contribution in [3.05, 3.63) is 29.6 Å². The van der Waals surface area contributed by atoms with E-state index >= 15 is 0 Å². The molecule has 1 saturated heterocycles. The minimum atomic E-state index is -1.18. The zero-order valence-corrected chi connectivity index (χ0v) is 15.3. The van der Waals surface area contributed by atoms with E-state index in [9.17, 15) is 14.0 Å². The molecule has 1 aliphatic heterocycles. The molecule has 26 heavy (non-hydrogen) atoms. The summed E-state index contributed by atoms with van der Waals surface area (Å²) in [6, 6.07) is 3.57. The zero-order valence-electron chi connectivity index (χ0n) is 15.3. The summed E-state index contributed by atoms with van der Waals surface area (Å²) in [6.07, 6.45) is -0.311. The van der Waals surface area contributed by atoms with Crippen molar-refractivity contribution >= 4 is 12.1 Å². The minimum Gasteiger partial charge on any atom is -0.489 e. The lowest BCUT2D eigenvalue weighted by Gasteiger charge is -2.35. The molecule has 2 rings (SSSR count). The third-order valence-electron chi connectivity index (χ3n) is 3.87. The number of amides is 1. The third-order valence-corrected chi connectivity index (χ3v) is 3.87. The van der Waals surface area contributed by atoms with E-state index in [2.05, 4.69) is 4.90 Å². The second-order valence-corrected chi connectivity index (χ2v) is 7.11. The molecule has 0 bridgehead atoms. The first-order valence-corrected chi connectivity index (χ1v) is 8.51. The fraction of sp³-hybridized carbons (Fsp3) is 0.556. The van der Waals surface area contributed by atoms with Crippen molar-refractivity contribution < 1.29 is 28.6 Å². The van der Waals surface area contributed by atoms with E-state index in [1.807, 2.05) is 20.8 Å². The van der Waals surface area contributed by atoms with Gasteiger partial charge in [0.05, 0.1) is 5.56 Å². The SMILES string of the molecule is CC(C)(C)OC(=O)N1CCN(CCOc2ccc(C(=O)O)cc2F)CC1. The standard InChI is InChI=1S/C18H25FN2O5/c1-18(2,3)26-17(24)21-8-6-20(7-9-21)10-11-25-15-5-4-13(16(22)23)12-14(15)19/h4-5,12H,6-11H2,1-3H3,(H,22,23). The highest BCUT2D eigenvalue weighted by Gasteiger charge is 2.25. The molecule has 1 amide bonds. The van der Waals surface area contributed by atoms with Crippen molar-refractivity contribution in [2.24, 2.45) is 0 Å². The molecule has 0 aromatic heterocycles. The molecule has 1 aliphatic rings. The van der Waals surface area contributed by atoms with Gasteiger partial charge in [-0.05, 0) is 39.0 Å². The van der Waals surface area contributed by atoms with Gasteiger partial charge in [0, 0.05) is 32.7 Å². The lowest BCUT2D eigenvalue weighted by molar-refractivity contribution is 0.0136. The Bertz CT molecular complexity index is 651. The maximum atomic E-state index is 13.8. The number of rotatable bonds is 5. The molecular formula is C18H25FN2O5. The van der Waals surface area contributed by atoms with Crippen molar-refractivity contribution in [1.29, 1.82) is 0 Å². The molecule has 7 nitrogen and oxygen atoms in total. The van der Waals surface area contributed by atoms with Crippen LogP contribution >= 0.6 is 0 Å². The summed E-state index contributed by atoms with van der Waals surface area (Å²) in [5.41, 5.74) is -0.629. The second-order valence-electron chi connectivity index (χ2n) is 7.11. The first-order chi connectivity index (χ1) is 12.2. The van der Waals surface area contributed by atoms with Crippen LogP contribution in [0.3, 0.4) is 0 Å². The van der Waals surface area contributed by atoms with Gasteiger partial charge in [-0.15, -0.1) is 0 Å². The molecule has 0 aliphatic carbocycles. The van der Waals surface area contributed by atoms with Gasteiger partial charge in [-0.25, -0.2) is 14.0 Å². The quantitative estimate of drug-likeness (QED) is 0.860. The Morgan fingerprint density at radius 3 is 2.38 bits per heavy atom. The van der Waals surface area contributed by atoms with Crippen molar-refractivity contribution in [2.75, 3.05) is 39.3 Å². The topological polar surface area (TPSA) is 79.3 Å². The van der Waals surface area contributed by atoms with E-state index in [4.69, 9.17) is 14.6 Å². The van der Waals surface area contributed by atoms with Crippen molar-refractivity contribution in [2.45, 2.75) is 26.4 Å². The average Bonchev–Trinajstić information content (AvgIpc) is 2.55. The number of carbonyl (C=O) groups is 2. The monoisotopic (exact) mass is 368 g/mol. The maximum absolute atomic E-state index is 13.8. The van der Waals surface area contributed by atoms with Gasteiger partial charge in [0.1, 0.15) is 12.2 Å². The third kappa shape index (κ3) is 5.87. The Morgan fingerprint density at radius 1 is 1.19 bits per heavy atom. The first-order valence-electron chi connectivity index (χ1n) is 8.51. The van der Waals surface area contributed by atoms with E-state index in [0.717, 1.165) is 6.07 Å². The molecule has 0 saturated carbocycles. The molecular weight excluding hydrogens is 343 g/mol. The number of nitrogens with zero attached hydrogens (tertiary/aromatic N) is 2. The Kier molecular flexibility index (Phi) is 6.42. The van der Waals surface area contributed by atoms with Gasteiger partial charge in [-0.3, -0.25) is 4.90 Å². The van der Waals surface area contributed by atoms with Crippen LogP contribution in [-0.4, -0.2) is 71.9 Å². The Morgan fingerprint density at radius 2 is 1.85 bits per heavy atom. The minimum absolute atomic E-state index is 0.0300. The van der Waals surface area contributed by atoms with E-state index in [0.29, 0.717) is 32.7 Å². The number of hydrogen-bond donors (Lipinski definition) is 1. The summed E-state index contributed by atoms with van der Waals surface area (Å²) in [5, 5.41) is 8.82. The van der Waals surface area contributed by atoms with E-state index in [-0.39, 0.29) is 24.0 Å². The summed E-state index contributed by atoms with van der Waals surface area (Å²) < 4.78 is 24.5. The van der Waals surface area contributed by atoms with Crippen LogP contribution in [0.15, 0.2) is 18.2 Å². The number of carbonyl (C=O) groups excluding carboxylic acids is 1. The van der Waals surface area contributed by atoms with E-state index in [1.54, 1.807) is 4.90 Å². The second kappa shape index (κ2) is 8.35. The fourth-order valence-electron chi connectivity index (χ4n) is 2.52. The van der Waals surface area contributed by atoms with Gasteiger partial charge >= 0.3 is 12.1 Å². The molecule has 144 valence electrons. The number of piperazine rings is 1. The van der Waals surface area contributed by atoms with E-state index < -0.39 is 17.4 Å². The predicted molar refractivity (Wildman–Crippen MR) is 93.1 cm³/mol. The van der Waals surface area contributed by atoms with Crippen molar-refractivity contribution in [3.8, 4) is 5.75 Å². The first kappa shape index (κ1) is 20.0. The normalized spacial score (nSPS) is 15.6. The van der Waals surface area contributed by atoms with Crippen LogP contribution in [0.1, 0.15) is 31.1 Å². The van der Waals surface area contributed by atoms with Crippen LogP contribution in [0.4, 0.5) is 9.18 Å². The van der Waals surface area contributed by atoms with Gasteiger partial charge in [-0.2, -0.15) is 0 Å². The Labute approximate surface area is 152 Å². The lowest BCUT2D eigenvalue weighted by atomic mass is 10.2. The maximum Gasteiger partial charge on any atom is 0.410 e. The highest BCUT2D eigenvalue weighted by Crippen LogP contribution is 2.18. The molecule has 0 unspecified atom stereocenters. The fourth-order valence-corrected chi connectivity index (χ4v) is 2.52. The summed E-state index contributed by atoms with van der Waals surface area (Å²) in [5.74, 6) is -1.85. The van der Waals surface area contributed by atoms with Crippen LogP contribution in [-0.2, 0) is 4.74 Å². The smallest absolute Gasteiger partial charge is 0.410 e. The van der Waals surface area contributed by atoms with Gasteiger partial charge in [-0.1, -0.05) is 0 Å². The zero-order chi connectivity index (χ0) is 19.3. The van der Waals surface area contributed by atoms with Crippen molar-refractivity contribution in [1.82, 2.24) is 9.80 Å². The Hall–Kier alpha value is -2.35. The van der Waals surface area contributed by atoms with Crippen LogP contribution in [0.2, 0.25) is 0 Å². The van der Waals surface area contributed by atoms with Crippen LogP contribution in [0.25, 0.3) is 0 Å². The predicted octanol–water partition coefficient (Wildman–Crippen LogP) is 2.46. The molecule has 1 fully saturated rings. The Balaban J connectivity index is 1.74. The molecule has 0 radical (unpaired) electrons. The van der Waals surface area contributed by atoms with Gasteiger partial charge < -0.3 is 19.5 Å². The average molecular weight is 368 g/mol. The molecule has 1 N–H and O–H groups in total. The molecule has 1 aromatic carbocycles. The van der Waals surface area contributed by atoms with Gasteiger partial charge in [0.2, 0.25) is 0 Å². The highest BCUT2D eigenvalue weighted by atomic mass is 19.1. The molecule has 1 aromatic rings. The van der Waals surface area contributed by atoms with Crippen LogP contribution in [0.5, 0.6) is 5.75 Å². The molecule has 8 heteroatoms. The van der Waals surface area contributed by atoms with Crippen LogP contribution in [0, 0.1) is 5.82 Å². The molecule has 0 spiro atoms.